The number of anilines is 3. The van der Waals surface area contributed by atoms with E-state index in [0.29, 0.717) is 5.91 Å². The number of amides is 1. The van der Waals surface area contributed by atoms with Crippen LogP contribution in [0.2, 0.25) is 5.02 Å². The molecule has 1 aromatic heterocycles. The predicted molar refractivity (Wildman–Crippen MR) is 138 cm³/mol. The topological polar surface area (TPSA) is 55.8 Å². The summed E-state index contributed by atoms with van der Waals surface area (Å²) in [5.74, 6) is 3.13. The van der Waals surface area contributed by atoms with E-state index < -0.39 is 0 Å². The van der Waals surface area contributed by atoms with Crippen LogP contribution in [-0.2, 0) is 4.79 Å². The zero-order valence-corrected chi connectivity index (χ0v) is 20.8. The molecule has 0 bridgehead atoms. The summed E-state index contributed by atoms with van der Waals surface area (Å²) < 4.78 is 0. The molecule has 0 radical (unpaired) electrons. The molecule has 182 valence electrons. The summed E-state index contributed by atoms with van der Waals surface area (Å²) in [5.41, 5.74) is 1.13. The summed E-state index contributed by atoms with van der Waals surface area (Å²) >= 11 is 6.14. The minimum Gasteiger partial charge on any atom is -0.368 e. The van der Waals surface area contributed by atoms with Crippen LogP contribution in [0, 0.1) is 11.8 Å². The lowest BCUT2D eigenvalue weighted by Gasteiger charge is -2.39. The number of hydrogen-bond acceptors (Lipinski definition) is 6. The van der Waals surface area contributed by atoms with Gasteiger partial charge in [0.2, 0.25) is 5.91 Å². The Morgan fingerprint density at radius 2 is 1.38 bits per heavy atom. The van der Waals surface area contributed by atoms with Crippen LogP contribution in [0.5, 0.6) is 0 Å². The fraction of sp³-hybridized carbons (Fsp3) is 0.577. The van der Waals surface area contributed by atoms with E-state index in [1.165, 1.54) is 12.8 Å². The molecule has 0 aliphatic carbocycles. The summed E-state index contributed by atoms with van der Waals surface area (Å²) in [6, 6.07) is 12.2. The van der Waals surface area contributed by atoms with E-state index in [1.807, 2.05) is 18.2 Å². The number of carbonyl (C=O) groups excluding carboxylic acids is 1. The molecule has 3 aliphatic heterocycles. The average Bonchev–Trinajstić information content (AvgIpc) is 2.89. The van der Waals surface area contributed by atoms with Gasteiger partial charge >= 0.3 is 0 Å². The highest BCUT2D eigenvalue weighted by atomic mass is 35.5. The number of benzene rings is 1. The number of hydrogen-bond donors (Lipinski definition) is 0. The maximum Gasteiger partial charge on any atom is 0.225 e. The van der Waals surface area contributed by atoms with Crippen molar-refractivity contribution in [1.29, 1.82) is 0 Å². The normalized spacial score (nSPS) is 20.6. The van der Waals surface area contributed by atoms with Gasteiger partial charge in [-0.05, 0) is 61.9 Å². The third-order valence-electron chi connectivity index (χ3n) is 7.68. The van der Waals surface area contributed by atoms with Gasteiger partial charge in [-0.25, -0.2) is 0 Å². The Balaban J connectivity index is 1.10. The van der Waals surface area contributed by atoms with Gasteiger partial charge in [0.1, 0.15) is 0 Å². The number of rotatable bonds is 4. The van der Waals surface area contributed by atoms with Gasteiger partial charge < -0.3 is 19.6 Å². The van der Waals surface area contributed by atoms with Crippen molar-refractivity contribution in [3.8, 4) is 0 Å². The molecule has 1 aromatic carbocycles. The van der Waals surface area contributed by atoms with Gasteiger partial charge in [-0.3, -0.25) is 4.79 Å². The highest BCUT2D eigenvalue weighted by Crippen LogP contribution is 2.27. The third kappa shape index (κ3) is 5.24. The van der Waals surface area contributed by atoms with Gasteiger partial charge in [0.05, 0.1) is 0 Å². The van der Waals surface area contributed by atoms with E-state index in [4.69, 9.17) is 11.6 Å². The molecular formula is C26H35ClN6O. The molecule has 34 heavy (non-hydrogen) atoms. The first-order valence-electron chi connectivity index (χ1n) is 12.7. The van der Waals surface area contributed by atoms with Gasteiger partial charge in [-0.15, -0.1) is 10.2 Å². The van der Waals surface area contributed by atoms with Crippen LogP contribution in [0.1, 0.15) is 32.6 Å². The molecule has 0 unspecified atom stereocenters. The van der Waals surface area contributed by atoms with E-state index in [9.17, 15) is 4.79 Å². The van der Waals surface area contributed by atoms with Gasteiger partial charge in [0.15, 0.2) is 11.6 Å². The molecule has 0 atom stereocenters. The lowest BCUT2D eigenvalue weighted by atomic mass is 9.95. The maximum atomic E-state index is 13.2. The fourth-order valence-electron chi connectivity index (χ4n) is 5.36. The van der Waals surface area contributed by atoms with Crippen molar-refractivity contribution in [2.24, 2.45) is 11.8 Å². The number of nitrogens with zero attached hydrogens (tertiary/aromatic N) is 6. The van der Waals surface area contributed by atoms with E-state index in [2.05, 4.69) is 54.9 Å². The van der Waals surface area contributed by atoms with Crippen LogP contribution in [0.3, 0.4) is 0 Å². The van der Waals surface area contributed by atoms with Gasteiger partial charge in [0.25, 0.3) is 0 Å². The number of piperidine rings is 2. The average molecular weight is 483 g/mol. The summed E-state index contributed by atoms with van der Waals surface area (Å²) in [6.07, 6.45) is 4.20. The van der Waals surface area contributed by atoms with Gasteiger partial charge in [0, 0.05) is 69.0 Å². The fourth-order valence-corrected chi connectivity index (χ4v) is 5.55. The monoisotopic (exact) mass is 482 g/mol. The Morgan fingerprint density at radius 1 is 0.794 bits per heavy atom. The molecular weight excluding hydrogens is 448 g/mol. The molecule has 0 saturated carbocycles. The molecule has 2 aromatic rings. The second kappa shape index (κ2) is 10.4. The van der Waals surface area contributed by atoms with Crippen molar-refractivity contribution < 1.29 is 4.79 Å². The zero-order chi connectivity index (χ0) is 23.5. The van der Waals surface area contributed by atoms with E-state index >= 15 is 0 Å². The quantitative estimate of drug-likeness (QED) is 0.658. The molecule has 1 amide bonds. The second-order valence-corrected chi connectivity index (χ2v) is 10.4. The summed E-state index contributed by atoms with van der Waals surface area (Å²) in [6.45, 7) is 9.41. The van der Waals surface area contributed by atoms with Crippen LogP contribution in [0.4, 0.5) is 17.3 Å². The molecule has 7 nitrogen and oxygen atoms in total. The minimum atomic E-state index is 0.108. The SMILES string of the molecule is CC1CCN(c2ccc(N3CCC(C(=O)N4CCN(c5cccc(Cl)c5)CC4)CC3)nn2)CC1. The van der Waals surface area contributed by atoms with Crippen molar-refractivity contribution in [2.75, 3.05) is 67.1 Å². The molecule has 3 fully saturated rings. The van der Waals surface area contributed by atoms with Crippen molar-refractivity contribution in [2.45, 2.75) is 32.6 Å². The molecule has 3 aliphatic rings. The highest BCUT2D eigenvalue weighted by Gasteiger charge is 2.31. The van der Waals surface area contributed by atoms with Crippen molar-refractivity contribution in [1.82, 2.24) is 15.1 Å². The molecule has 8 heteroatoms. The lowest BCUT2D eigenvalue weighted by molar-refractivity contribution is -0.136. The first-order chi connectivity index (χ1) is 16.6. The number of halogens is 1. The Labute approximate surface area is 207 Å². The minimum absolute atomic E-state index is 0.108. The number of aromatic nitrogens is 2. The maximum absolute atomic E-state index is 13.2. The number of piperazine rings is 1. The standard InChI is InChI=1S/C26H35ClN6O/c1-20-7-11-31(12-8-20)24-5-6-25(29-28-24)32-13-9-21(10-14-32)26(34)33-17-15-30(16-18-33)23-4-2-3-22(27)19-23/h2-6,19-21H,7-18H2,1H3. The van der Waals surface area contributed by atoms with Crippen molar-refractivity contribution in [3.63, 3.8) is 0 Å². The first-order valence-corrected chi connectivity index (χ1v) is 13.1. The summed E-state index contributed by atoms with van der Waals surface area (Å²) in [7, 11) is 0. The molecule has 3 saturated heterocycles. The zero-order valence-electron chi connectivity index (χ0n) is 20.1. The predicted octanol–water partition coefficient (Wildman–Crippen LogP) is 3.93. The second-order valence-electron chi connectivity index (χ2n) is 9.97. The Kier molecular flexibility index (Phi) is 7.09. The van der Waals surface area contributed by atoms with E-state index in [-0.39, 0.29) is 5.92 Å². The first kappa shape index (κ1) is 23.2. The van der Waals surface area contributed by atoms with E-state index in [0.717, 1.165) is 93.5 Å². The van der Waals surface area contributed by atoms with Gasteiger partial charge in [-0.2, -0.15) is 0 Å². The van der Waals surface area contributed by atoms with Crippen molar-refractivity contribution >= 4 is 34.8 Å². The van der Waals surface area contributed by atoms with Crippen LogP contribution >= 0.6 is 11.6 Å². The summed E-state index contributed by atoms with van der Waals surface area (Å²) in [4.78, 5) is 22.1. The Hall–Kier alpha value is -2.54. The third-order valence-corrected chi connectivity index (χ3v) is 7.91. The molecule has 5 rings (SSSR count). The van der Waals surface area contributed by atoms with Gasteiger partial charge in [-0.1, -0.05) is 24.6 Å². The largest absolute Gasteiger partial charge is 0.368 e. The lowest BCUT2D eigenvalue weighted by Crippen LogP contribution is -2.51. The van der Waals surface area contributed by atoms with Crippen molar-refractivity contribution in [3.05, 3.63) is 41.4 Å². The van der Waals surface area contributed by atoms with Crippen LogP contribution < -0.4 is 14.7 Å². The highest BCUT2D eigenvalue weighted by molar-refractivity contribution is 6.30. The molecule has 0 spiro atoms. The van der Waals surface area contributed by atoms with E-state index in [1.54, 1.807) is 0 Å². The van der Waals surface area contributed by atoms with Crippen LogP contribution in [0.25, 0.3) is 0 Å². The Morgan fingerprint density at radius 3 is 1.94 bits per heavy atom. The number of carbonyl (C=O) groups is 1. The Bertz CT molecular complexity index is 962. The van der Waals surface area contributed by atoms with Crippen LogP contribution in [0.15, 0.2) is 36.4 Å². The molecule has 4 heterocycles. The smallest absolute Gasteiger partial charge is 0.225 e. The van der Waals surface area contributed by atoms with Crippen LogP contribution in [-0.4, -0.2) is 73.4 Å². The summed E-state index contributed by atoms with van der Waals surface area (Å²) in [5, 5.41) is 9.79. The molecule has 0 N–H and O–H groups in total.